The monoisotopic (exact) mass is 242 g/mol. The van der Waals surface area contributed by atoms with Crippen molar-refractivity contribution < 1.29 is 9.84 Å². The predicted octanol–water partition coefficient (Wildman–Crippen LogP) is 0.410. The smallest absolute Gasteiger partial charge is 0.0689 e. The van der Waals surface area contributed by atoms with Gasteiger partial charge in [-0.1, -0.05) is 13.8 Å². The van der Waals surface area contributed by atoms with Gasteiger partial charge in [0.1, 0.15) is 0 Å². The van der Waals surface area contributed by atoms with Gasteiger partial charge in [-0.3, -0.25) is 9.80 Å². The van der Waals surface area contributed by atoms with Crippen molar-refractivity contribution in [3.05, 3.63) is 0 Å². The molecule has 2 aliphatic heterocycles. The summed E-state index contributed by atoms with van der Waals surface area (Å²) in [7, 11) is 0. The normalized spacial score (nSPS) is 30.0. The lowest BCUT2D eigenvalue weighted by Gasteiger charge is -2.32. The molecule has 0 bridgehead atoms. The number of ether oxygens (including phenoxy) is 1. The van der Waals surface area contributed by atoms with Gasteiger partial charge in [-0.15, -0.1) is 0 Å². The molecule has 1 N–H and O–H groups in total. The maximum atomic E-state index is 9.91. The molecule has 17 heavy (non-hydrogen) atoms. The van der Waals surface area contributed by atoms with Gasteiger partial charge in [0.2, 0.25) is 0 Å². The van der Waals surface area contributed by atoms with E-state index in [0.717, 1.165) is 45.9 Å². The van der Waals surface area contributed by atoms with Crippen LogP contribution in [0.2, 0.25) is 0 Å². The molecule has 2 atom stereocenters. The summed E-state index contributed by atoms with van der Waals surface area (Å²) >= 11 is 0. The molecule has 0 saturated carbocycles. The first-order valence-electron chi connectivity index (χ1n) is 6.89. The van der Waals surface area contributed by atoms with Crippen LogP contribution in [0.1, 0.15) is 20.3 Å². The van der Waals surface area contributed by atoms with E-state index in [4.69, 9.17) is 4.74 Å². The molecule has 0 aliphatic carbocycles. The molecular formula is C13H26N2O2. The van der Waals surface area contributed by atoms with E-state index in [-0.39, 0.29) is 6.10 Å². The first kappa shape index (κ1) is 13.3. The molecule has 0 aromatic heterocycles. The van der Waals surface area contributed by atoms with E-state index >= 15 is 0 Å². The summed E-state index contributed by atoms with van der Waals surface area (Å²) in [5.74, 6) is 0.359. The van der Waals surface area contributed by atoms with Gasteiger partial charge in [0, 0.05) is 32.2 Å². The topological polar surface area (TPSA) is 35.9 Å². The Morgan fingerprint density at radius 1 is 1.24 bits per heavy atom. The van der Waals surface area contributed by atoms with E-state index in [1.54, 1.807) is 0 Å². The van der Waals surface area contributed by atoms with E-state index in [1.807, 2.05) is 0 Å². The molecule has 0 amide bonds. The number of nitrogens with zero attached hydrogens (tertiary/aromatic N) is 2. The van der Waals surface area contributed by atoms with E-state index in [1.165, 1.54) is 6.42 Å². The van der Waals surface area contributed by atoms with Crippen LogP contribution in [-0.2, 0) is 4.74 Å². The highest BCUT2D eigenvalue weighted by molar-refractivity contribution is 4.85. The van der Waals surface area contributed by atoms with Crippen LogP contribution < -0.4 is 0 Å². The Balaban J connectivity index is 1.74. The molecule has 0 radical (unpaired) electrons. The Hall–Kier alpha value is -0.160. The van der Waals surface area contributed by atoms with Crippen LogP contribution >= 0.6 is 0 Å². The van der Waals surface area contributed by atoms with Crippen molar-refractivity contribution in [2.75, 3.05) is 45.9 Å². The van der Waals surface area contributed by atoms with Crippen molar-refractivity contribution in [1.82, 2.24) is 9.80 Å². The van der Waals surface area contributed by atoms with Crippen LogP contribution in [0.4, 0.5) is 0 Å². The first-order chi connectivity index (χ1) is 8.16. The van der Waals surface area contributed by atoms with Gasteiger partial charge in [-0.25, -0.2) is 0 Å². The minimum absolute atomic E-state index is 0.182. The zero-order valence-corrected chi connectivity index (χ0v) is 11.1. The van der Waals surface area contributed by atoms with Crippen LogP contribution in [0.15, 0.2) is 0 Å². The average molecular weight is 242 g/mol. The molecule has 2 fully saturated rings. The van der Waals surface area contributed by atoms with Crippen LogP contribution in [0.3, 0.4) is 0 Å². The molecule has 2 saturated heterocycles. The number of morpholine rings is 1. The molecule has 0 aromatic carbocycles. The lowest BCUT2D eigenvalue weighted by molar-refractivity contribution is 0.0167. The van der Waals surface area contributed by atoms with E-state index in [2.05, 4.69) is 23.6 Å². The third-order valence-electron chi connectivity index (χ3n) is 4.02. The highest BCUT2D eigenvalue weighted by Gasteiger charge is 2.29. The van der Waals surface area contributed by atoms with Crippen molar-refractivity contribution in [2.45, 2.75) is 32.4 Å². The van der Waals surface area contributed by atoms with Crippen molar-refractivity contribution >= 4 is 0 Å². The molecule has 4 nitrogen and oxygen atoms in total. The average Bonchev–Trinajstić information content (AvgIpc) is 2.78. The maximum Gasteiger partial charge on any atom is 0.0689 e. The minimum atomic E-state index is -0.182. The number of rotatable bonds is 4. The van der Waals surface area contributed by atoms with Crippen molar-refractivity contribution in [2.24, 2.45) is 5.92 Å². The summed E-state index contributed by atoms with van der Waals surface area (Å²) in [6, 6.07) is 0.679. The van der Waals surface area contributed by atoms with Gasteiger partial charge in [-0.2, -0.15) is 0 Å². The largest absolute Gasteiger partial charge is 0.392 e. The number of hydrogen-bond donors (Lipinski definition) is 1. The fourth-order valence-electron chi connectivity index (χ4n) is 2.69. The van der Waals surface area contributed by atoms with Crippen LogP contribution in [0, 0.1) is 5.92 Å². The Morgan fingerprint density at radius 3 is 2.59 bits per heavy atom. The standard InChI is InChI=1S/C13H26N2O2/c1-11(2)13(16)10-14-4-3-12(9-14)15-5-7-17-8-6-15/h11-13,16H,3-10H2,1-2H3. The summed E-state index contributed by atoms with van der Waals surface area (Å²) < 4.78 is 5.39. The van der Waals surface area contributed by atoms with E-state index in [0.29, 0.717) is 12.0 Å². The van der Waals surface area contributed by atoms with Crippen LogP contribution in [0.5, 0.6) is 0 Å². The number of hydrogen-bond acceptors (Lipinski definition) is 4. The molecule has 4 heteroatoms. The fourth-order valence-corrected chi connectivity index (χ4v) is 2.69. The lowest BCUT2D eigenvalue weighted by atomic mass is 10.1. The quantitative estimate of drug-likeness (QED) is 0.774. The molecule has 100 valence electrons. The van der Waals surface area contributed by atoms with Gasteiger partial charge < -0.3 is 9.84 Å². The molecule has 2 rings (SSSR count). The Bertz CT molecular complexity index is 229. The lowest BCUT2D eigenvalue weighted by Crippen LogP contribution is -2.45. The molecule has 2 aliphatic rings. The summed E-state index contributed by atoms with van der Waals surface area (Å²) in [4.78, 5) is 4.95. The van der Waals surface area contributed by atoms with E-state index in [9.17, 15) is 5.11 Å². The second-order valence-electron chi connectivity index (χ2n) is 5.66. The SMILES string of the molecule is CC(C)C(O)CN1CCC(N2CCOCC2)C1. The maximum absolute atomic E-state index is 9.91. The van der Waals surface area contributed by atoms with Gasteiger partial charge >= 0.3 is 0 Å². The summed E-state index contributed by atoms with van der Waals surface area (Å²) in [5, 5.41) is 9.91. The first-order valence-corrected chi connectivity index (χ1v) is 6.89. The van der Waals surface area contributed by atoms with Crippen molar-refractivity contribution in [3.8, 4) is 0 Å². The fraction of sp³-hybridized carbons (Fsp3) is 1.00. The zero-order valence-electron chi connectivity index (χ0n) is 11.1. The van der Waals surface area contributed by atoms with Gasteiger partial charge in [-0.05, 0) is 18.9 Å². The van der Waals surface area contributed by atoms with Gasteiger partial charge in [0.05, 0.1) is 19.3 Å². The molecule has 2 heterocycles. The van der Waals surface area contributed by atoms with Crippen LogP contribution in [0.25, 0.3) is 0 Å². The summed E-state index contributed by atoms with van der Waals surface area (Å²) in [6.45, 7) is 11.2. The second kappa shape index (κ2) is 6.14. The number of aliphatic hydroxyl groups is 1. The van der Waals surface area contributed by atoms with Crippen LogP contribution in [-0.4, -0.2) is 73.0 Å². The second-order valence-corrected chi connectivity index (χ2v) is 5.66. The minimum Gasteiger partial charge on any atom is -0.392 e. The summed E-state index contributed by atoms with van der Waals surface area (Å²) in [5.41, 5.74) is 0. The molecule has 2 unspecified atom stereocenters. The third kappa shape index (κ3) is 3.65. The Kier molecular flexibility index (Phi) is 4.79. The summed E-state index contributed by atoms with van der Waals surface area (Å²) in [6.07, 6.45) is 1.06. The van der Waals surface area contributed by atoms with Gasteiger partial charge in [0.25, 0.3) is 0 Å². The number of likely N-dealkylation sites (tertiary alicyclic amines) is 1. The molecule has 0 spiro atoms. The molecular weight excluding hydrogens is 216 g/mol. The number of aliphatic hydroxyl groups excluding tert-OH is 1. The molecule has 0 aromatic rings. The zero-order chi connectivity index (χ0) is 12.3. The Labute approximate surface area is 105 Å². The van der Waals surface area contributed by atoms with Crippen molar-refractivity contribution in [1.29, 1.82) is 0 Å². The van der Waals surface area contributed by atoms with Gasteiger partial charge in [0.15, 0.2) is 0 Å². The van der Waals surface area contributed by atoms with E-state index < -0.39 is 0 Å². The third-order valence-corrected chi connectivity index (χ3v) is 4.02. The highest BCUT2D eigenvalue weighted by Crippen LogP contribution is 2.18. The highest BCUT2D eigenvalue weighted by atomic mass is 16.5. The predicted molar refractivity (Wildman–Crippen MR) is 68.1 cm³/mol. The number of β-amino-alcohol motifs (C(OH)–C–C–N with tert-alkyl or cyclic N) is 1. The van der Waals surface area contributed by atoms with Crippen molar-refractivity contribution in [3.63, 3.8) is 0 Å². The Morgan fingerprint density at radius 2 is 1.94 bits per heavy atom.